The number of amides is 1. The minimum Gasteiger partial charge on any atom is -0.493 e. The Labute approximate surface area is 175 Å². The summed E-state index contributed by atoms with van der Waals surface area (Å²) in [5.41, 5.74) is -0.445. The van der Waals surface area contributed by atoms with Gasteiger partial charge in [0.25, 0.3) is 5.56 Å². The molecule has 0 fully saturated rings. The Morgan fingerprint density at radius 3 is 2.57 bits per heavy atom. The van der Waals surface area contributed by atoms with Crippen LogP contribution in [0, 0.1) is 0 Å². The Kier molecular flexibility index (Phi) is 5.01. The summed E-state index contributed by atoms with van der Waals surface area (Å²) >= 11 is 6.00. The molecule has 0 saturated carbocycles. The highest BCUT2D eigenvalue weighted by Gasteiger charge is 2.34. The smallest absolute Gasteiger partial charge is 0.335 e. The maximum Gasteiger partial charge on any atom is 0.335 e. The van der Waals surface area contributed by atoms with Crippen molar-refractivity contribution < 1.29 is 9.90 Å². The number of hydrogen-bond acceptors (Lipinski definition) is 5. The molecule has 0 unspecified atom stereocenters. The summed E-state index contributed by atoms with van der Waals surface area (Å²) in [4.78, 5) is 39.3. The van der Waals surface area contributed by atoms with Crippen LogP contribution in [0.15, 0.2) is 69.3 Å². The van der Waals surface area contributed by atoms with Crippen LogP contribution >= 0.6 is 11.6 Å². The lowest BCUT2D eigenvalue weighted by Gasteiger charge is -2.20. The van der Waals surface area contributed by atoms with Crippen LogP contribution in [0.3, 0.4) is 0 Å². The van der Waals surface area contributed by atoms with Gasteiger partial charge in [-0.25, -0.2) is 14.4 Å². The summed E-state index contributed by atoms with van der Waals surface area (Å²) in [5, 5.41) is 16.8. The van der Waals surface area contributed by atoms with Crippen LogP contribution in [0.5, 0.6) is 5.88 Å². The first-order valence-electron chi connectivity index (χ1n) is 9.13. The van der Waals surface area contributed by atoms with E-state index >= 15 is 0 Å². The van der Waals surface area contributed by atoms with E-state index in [1.54, 1.807) is 18.2 Å². The first kappa shape index (κ1) is 19.7. The molecule has 0 spiro atoms. The van der Waals surface area contributed by atoms with Crippen LogP contribution in [0.2, 0.25) is 5.02 Å². The van der Waals surface area contributed by atoms with Crippen LogP contribution in [0.1, 0.15) is 30.5 Å². The quantitative estimate of drug-likeness (QED) is 0.673. The SMILES string of the molecule is CC(=O)N1N=C(c2c(O)n(-c3cccc(Cl)c3)c(=O)[nH]c2=O)C[C@@H]1c1ccccc1. The van der Waals surface area contributed by atoms with Crippen LogP contribution in [0.25, 0.3) is 5.69 Å². The molecule has 2 heterocycles. The molecular weight excluding hydrogens is 408 g/mol. The number of carbonyl (C=O) groups is 1. The Morgan fingerprint density at radius 2 is 1.90 bits per heavy atom. The van der Waals surface area contributed by atoms with Crippen LogP contribution in [-0.2, 0) is 4.79 Å². The van der Waals surface area contributed by atoms with Crippen molar-refractivity contribution in [3.05, 3.63) is 91.6 Å². The van der Waals surface area contributed by atoms with Crippen molar-refractivity contribution >= 4 is 23.2 Å². The molecule has 2 N–H and O–H groups in total. The van der Waals surface area contributed by atoms with Crippen molar-refractivity contribution in [3.63, 3.8) is 0 Å². The zero-order valence-corrected chi connectivity index (χ0v) is 16.6. The molecule has 1 aliphatic heterocycles. The normalized spacial score (nSPS) is 15.9. The van der Waals surface area contributed by atoms with E-state index in [0.717, 1.165) is 10.1 Å². The predicted octanol–water partition coefficient (Wildman–Crippen LogP) is 2.58. The van der Waals surface area contributed by atoms with E-state index < -0.39 is 23.2 Å². The predicted molar refractivity (Wildman–Crippen MR) is 112 cm³/mol. The van der Waals surface area contributed by atoms with Gasteiger partial charge in [0.05, 0.1) is 17.4 Å². The van der Waals surface area contributed by atoms with Crippen molar-refractivity contribution in [3.8, 4) is 11.6 Å². The zero-order valence-electron chi connectivity index (χ0n) is 15.9. The molecule has 4 rings (SSSR count). The molecule has 1 aliphatic rings. The van der Waals surface area contributed by atoms with Gasteiger partial charge in [-0.3, -0.25) is 14.6 Å². The highest BCUT2D eigenvalue weighted by atomic mass is 35.5. The number of nitrogens with one attached hydrogen (secondary N) is 1. The topological polar surface area (TPSA) is 108 Å². The Morgan fingerprint density at radius 1 is 1.17 bits per heavy atom. The van der Waals surface area contributed by atoms with E-state index in [2.05, 4.69) is 10.1 Å². The van der Waals surface area contributed by atoms with Gasteiger partial charge in [-0.1, -0.05) is 48.0 Å². The summed E-state index contributed by atoms with van der Waals surface area (Å²) < 4.78 is 0.944. The van der Waals surface area contributed by atoms with Gasteiger partial charge in [0, 0.05) is 18.4 Å². The van der Waals surface area contributed by atoms with E-state index in [-0.39, 0.29) is 29.3 Å². The molecule has 0 aliphatic carbocycles. The number of nitrogens with zero attached hydrogens (tertiary/aromatic N) is 3. The lowest BCUT2D eigenvalue weighted by molar-refractivity contribution is -0.130. The second-order valence-electron chi connectivity index (χ2n) is 6.81. The molecule has 0 bridgehead atoms. The molecular formula is C21H17ClN4O4. The summed E-state index contributed by atoms with van der Waals surface area (Å²) in [6.07, 6.45) is 0.202. The summed E-state index contributed by atoms with van der Waals surface area (Å²) in [6, 6.07) is 15.1. The Bertz CT molecular complexity index is 1280. The molecule has 3 aromatic rings. The van der Waals surface area contributed by atoms with Gasteiger partial charge in [-0.15, -0.1) is 0 Å². The third-order valence-electron chi connectivity index (χ3n) is 4.86. The van der Waals surface area contributed by atoms with E-state index in [1.165, 1.54) is 18.0 Å². The van der Waals surface area contributed by atoms with Crippen molar-refractivity contribution in [1.82, 2.24) is 14.6 Å². The highest BCUT2D eigenvalue weighted by molar-refractivity contribution is 6.30. The lowest BCUT2D eigenvalue weighted by atomic mass is 9.99. The number of aromatic hydroxyl groups is 1. The fourth-order valence-electron chi connectivity index (χ4n) is 3.53. The van der Waals surface area contributed by atoms with E-state index in [9.17, 15) is 19.5 Å². The molecule has 2 aromatic carbocycles. The molecule has 0 radical (unpaired) electrons. The number of benzene rings is 2. The second-order valence-corrected chi connectivity index (χ2v) is 7.25. The standard InChI is InChI=1S/C21H17ClN4O4/c1-12(27)26-17(13-6-3-2-4-7-13)11-16(24-26)18-19(28)23-21(30)25(20(18)29)15-9-5-8-14(22)10-15/h2-10,17,29H,11H2,1H3,(H,23,28,30)/t17-/m1/s1. The summed E-state index contributed by atoms with van der Waals surface area (Å²) in [6.45, 7) is 1.37. The molecule has 9 heteroatoms. The molecule has 1 aromatic heterocycles. The molecule has 0 saturated heterocycles. The first-order chi connectivity index (χ1) is 14.4. The van der Waals surface area contributed by atoms with Crippen molar-refractivity contribution in [2.45, 2.75) is 19.4 Å². The van der Waals surface area contributed by atoms with Gasteiger partial charge in [-0.05, 0) is 23.8 Å². The number of hydrazone groups is 1. The maximum absolute atomic E-state index is 12.6. The molecule has 152 valence electrons. The lowest BCUT2D eigenvalue weighted by Crippen LogP contribution is -2.33. The number of hydrogen-bond donors (Lipinski definition) is 2. The molecule has 1 amide bonds. The zero-order chi connectivity index (χ0) is 21.4. The number of H-pyrrole nitrogens is 1. The van der Waals surface area contributed by atoms with Gasteiger partial charge in [0.1, 0.15) is 5.56 Å². The summed E-state index contributed by atoms with van der Waals surface area (Å²) in [5.74, 6) is -0.875. The number of halogens is 1. The largest absolute Gasteiger partial charge is 0.493 e. The minimum absolute atomic E-state index is 0.167. The Balaban J connectivity index is 1.86. The van der Waals surface area contributed by atoms with Gasteiger partial charge in [-0.2, -0.15) is 5.10 Å². The molecule has 8 nitrogen and oxygen atoms in total. The minimum atomic E-state index is -0.815. The number of aromatic nitrogens is 2. The third-order valence-corrected chi connectivity index (χ3v) is 5.09. The average molecular weight is 425 g/mol. The number of aromatic amines is 1. The van der Waals surface area contributed by atoms with Crippen LogP contribution in [0.4, 0.5) is 0 Å². The number of rotatable bonds is 3. The van der Waals surface area contributed by atoms with Gasteiger partial charge in [0.2, 0.25) is 11.8 Å². The van der Waals surface area contributed by atoms with Crippen LogP contribution in [-0.4, -0.2) is 31.3 Å². The van der Waals surface area contributed by atoms with E-state index in [4.69, 9.17) is 11.6 Å². The van der Waals surface area contributed by atoms with Gasteiger partial charge in [0.15, 0.2) is 0 Å². The first-order valence-corrected chi connectivity index (χ1v) is 9.51. The van der Waals surface area contributed by atoms with Crippen LogP contribution < -0.4 is 11.2 Å². The molecule has 30 heavy (non-hydrogen) atoms. The maximum atomic E-state index is 12.6. The fraction of sp³-hybridized carbons (Fsp3) is 0.143. The van der Waals surface area contributed by atoms with Crippen molar-refractivity contribution in [2.24, 2.45) is 5.10 Å². The monoisotopic (exact) mass is 424 g/mol. The molecule has 1 atom stereocenters. The average Bonchev–Trinajstić information content (AvgIpc) is 3.13. The summed E-state index contributed by atoms with van der Waals surface area (Å²) in [7, 11) is 0. The van der Waals surface area contributed by atoms with E-state index in [1.807, 2.05) is 30.3 Å². The Hall–Kier alpha value is -3.65. The second kappa shape index (κ2) is 7.64. The number of carbonyl (C=O) groups excluding carboxylic acids is 1. The van der Waals surface area contributed by atoms with Crippen molar-refractivity contribution in [2.75, 3.05) is 0 Å². The van der Waals surface area contributed by atoms with Gasteiger partial charge < -0.3 is 5.11 Å². The van der Waals surface area contributed by atoms with Crippen molar-refractivity contribution in [1.29, 1.82) is 0 Å². The third kappa shape index (κ3) is 3.42. The van der Waals surface area contributed by atoms with Gasteiger partial charge >= 0.3 is 5.69 Å². The van der Waals surface area contributed by atoms with E-state index in [0.29, 0.717) is 5.02 Å². The highest BCUT2D eigenvalue weighted by Crippen LogP contribution is 2.33. The fourth-order valence-corrected chi connectivity index (χ4v) is 3.71.